The Labute approximate surface area is 169 Å². The van der Waals surface area contributed by atoms with Gasteiger partial charge in [-0.2, -0.15) is 0 Å². The summed E-state index contributed by atoms with van der Waals surface area (Å²) in [5, 5.41) is 3.91. The molecule has 0 radical (unpaired) electrons. The van der Waals surface area contributed by atoms with E-state index >= 15 is 0 Å². The van der Waals surface area contributed by atoms with Crippen molar-refractivity contribution in [2.45, 2.75) is 25.8 Å². The molecule has 2 aliphatic rings. The van der Waals surface area contributed by atoms with Crippen LogP contribution in [0.2, 0.25) is 0 Å². The van der Waals surface area contributed by atoms with Gasteiger partial charge in [0.2, 0.25) is 0 Å². The minimum Gasteiger partial charge on any atom is -0.489 e. The van der Waals surface area contributed by atoms with Crippen LogP contribution in [0.1, 0.15) is 29.2 Å². The van der Waals surface area contributed by atoms with Gasteiger partial charge in [-0.25, -0.2) is 4.98 Å². The number of benzene rings is 1. The number of likely N-dealkylation sites (N-methyl/N-ethyl adjacent to an activating group) is 1. The van der Waals surface area contributed by atoms with Crippen molar-refractivity contribution >= 4 is 33.8 Å². The van der Waals surface area contributed by atoms with E-state index in [1.165, 1.54) is 11.3 Å². The Balaban J connectivity index is 1.63. The van der Waals surface area contributed by atoms with E-state index in [-0.39, 0.29) is 11.4 Å². The summed E-state index contributed by atoms with van der Waals surface area (Å²) in [6.07, 6.45) is 0.741. The average Bonchev–Trinajstić information content (AvgIpc) is 3.08. The number of hydrogen-bond acceptors (Lipinski definition) is 7. The van der Waals surface area contributed by atoms with Gasteiger partial charge in [-0.3, -0.25) is 4.79 Å². The Hall–Kier alpha value is -2.32. The van der Waals surface area contributed by atoms with Crippen LogP contribution in [0.4, 0.5) is 16.5 Å². The SMILES string of the molecule is COCCN(C)c1ccc2c(c1)OCCN2c1nc2c(s1)C(=O)NC(C)(C)C2. The smallest absolute Gasteiger partial charge is 0.263 e. The number of methoxy groups -OCH3 is 1. The highest BCUT2D eigenvalue weighted by Crippen LogP contribution is 2.42. The fourth-order valence-electron chi connectivity index (χ4n) is 3.58. The molecule has 0 fully saturated rings. The van der Waals surface area contributed by atoms with E-state index in [2.05, 4.69) is 33.3 Å². The zero-order valence-electron chi connectivity index (χ0n) is 16.7. The van der Waals surface area contributed by atoms with Gasteiger partial charge in [0.15, 0.2) is 5.13 Å². The molecule has 1 aromatic carbocycles. The topological polar surface area (TPSA) is 66.9 Å². The predicted molar refractivity (Wildman–Crippen MR) is 111 cm³/mol. The molecule has 0 atom stereocenters. The molecule has 28 heavy (non-hydrogen) atoms. The molecule has 2 aromatic rings. The normalized spacial score (nSPS) is 17.4. The molecule has 0 unspecified atom stereocenters. The monoisotopic (exact) mass is 402 g/mol. The number of aromatic nitrogens is 1. The summed E-state index contributed by atoms with van der Waals surface area (Å²) in [5.74, 6) is 0.810. The van der Waals surface area contributed by atoms with E-state index in [9.17, 15) is 4.79 Å². The number of hydrogen-bond donors (Lipinski definition) is 1. The minimum absolute atomic E-state index is 0.0291. The number of nitrogens with zero attached hydrogens (tertiary/aromatic N) is 3. The maximum absolute atomic E-state index is 12.4. The predicted octanol–water partition coefficient (Wildman–Crippen LogP) is 2.82. The number of anilines is 3. The summed E-state index contributed by atoms with van der Waals surface area (Å²) in [6, 6.07) is 6.21. The van der Waals surface area contributed by atoms with Crippen LogP contribution in [0.25, 0.3) is 0 Å². The second kappa shape index (κ2) is 7.25. The van der Waals surface area contributed by atoms with E-state index in [4.69, 9.17) is 14.5 Å². The molecule has 3 heterocycles. The quantitative estimate of drug-likeness (QED) is 0.830. The number of fused-ring (bicyclic) bond motifs is 2. The van der Waals surface area contributed by atoms with Gasteiger partial charge < -0.3 is 24.6 Å². The Morgan fingerprint density at radius 3 is 3.04 bits per heavy atom. The van der Waals surface area contributed by atoms with Crippen molar-refractivity contribution in [3.8, 4) is 5.75 Å². The number of nitrogens with one attached hydrogen (secondary N) is 1. The largest absolute Gasteiger partial charge is 0.489 e. The first kappa shape index (κ1) is 19.0. The zero-order chi connectivity index (χ0) is 19.9. The summed E-state index contributed by atoms with van der Waals surface area (Å²) in [5.41, 5.74) is 2.69. The van der Waals surface area contributed by atoms with E-state index in [0.29, 0.717) is 19.8 Å². The molecule has 4 rings (SSSR count). The third kappa shape index (κ3) is 3.54. The molecule has 0 bridgehead atoms. The molecule has 0 spiro atoms. The van der Waals surface area contributed by atoms with Crippen molar-refractivity contribution in [2.24, 2.45) is 0 Å². The maximum atomic E-state index is 12.4. The number of rotatable bonds is 5. The summed E-state index contributed by atoms with van der Waals surface area (Å²) >= 11 is 1.46. The number of ether oxygens (including phenoxy) is 2. The fraction of sp³-hybridized carbons (Fsp3) is 0.500. The molecule has 150 valence electrons. The molecule has 0 saturated heterocycles. The molecular formula is C20H26N4O3S. The van der Waals surface area contributed by atoms with Crippen LogP contribution in [0.3, 0.4) is 0 Å². The Bertz CT molecular complexity index is 896. The van der Waals surface area contributed by atoms with E-state index < -0.39 is 0 Å². The Morgan fingerprint density at radius 1 is 1.43 bits per heavy atom. The number of thiazole rings is 1. The van der Waals surface area contributed by atoms with Crippen LogP contribution in [0, 0.1) is 0 Å². The molecule has 1 N–H and O–H groups in total. The average molecular weight is 403 g/mol. The third-order valence-electron chi connectivity index (χ3n) is 5.06. The van der Waals surface area contributed by atoms with Gasteiger partial charge in [0.25, 0.3) is 5.91 Å². The minimum atomic E-state index is -0.264. The summed E-state index contributed by atoms with van der Waals surface area (Å²) in [4.78, 5) is 22.3. The lowest BCUT2D eigenvalue weighted by atomic mass is 9.94. The Kier molecular flexibility index (Phi) is 4.93. The molecule has 0 saturated carbocycles. The third-order valence-corrected chi connectivity index (χ3v) is 6.18. The number of amides is 1. The highest BCUT2D eigenvalue weighted by Gasteiger charge is 2.34. The van der Waals surface area contributed by atoms with Crippen molar-refractivity contribution in [1.29, 1.82) is 0 Å². The summed E-state index contributed by atoms with van der Waals surface area (Å²) < 4.78 is 11.1. The fourth-order valence-corrected chi connectivity index (χ4v) is 4.60. The first-order valence-electron chi connectivity index (χ1n) is 9.44. The maximum Gasteiger partial charge on any atom is 0.263 e. The number of carbonyl (C=O) groups is 1. The highest BCUT2D eigenvalue weighted by atomic mass is 32.1. The first-order valence-corrected chi connectivity index (χ1v) is 10.3. The molecule has 7 nitrogen and oxygen atoms in total. The summed E-state index contributed by atoms with van der Waals surface area (Å²) in [6.45, 7) is 6.83. The van der Waals surface area contributed by atoms with Crippen LogP contribution in [-0.4, -0.2) is 56.9 Å². The van der Waals surface area contributed by atoms with Crippen molar-refractivity contribution in [1.82, 2.24) is 10.3 Å². The van der Waals surface area contributed by atoms with Crippen molar-refractivity contribution in [3.05, 3.63) is 28.8 Å². The molecule has 1 aromatic heterocycles. The van der Waals surface area contributed by atoms with Crippen LogP contribution in [-0.2, 0) is 11.2 Å². The lowest BCUT2D eigenvalue weighted by Gasteiger charge is -2.30. The molecule has 0 aliphatic carbocycles. The standard InChI is InChI=1S/C20H26N4O3S/c1-20(2)12-14-17(18(25)22-20)28-19(21-14)24-8-10-27-16-11-13(5-6-15(16)24)23(3)7-9-26-4/h5-6,11H,7-10,12H2,1-4H3,(H,22,25). The van der Waals surface area contributed by atoms with E-state index in [1.54, 1.807) is 7.11 Å². The first-order chi connectivity index (χ1) is 13.4. The number of carbonyl (C=O) groups excluding carboxylic acids is 1. The van der Waals surface area contributed by atoms with Crippen LogP contribution < -0.4 is 19.9 Å². The van der Waals surface area contributed by atoms with E-state index in [1.807, 2.05) is 20.9 Å². The molecular weight excluding hydrogens is 376 g/mol. The Morgan fingerprint density at radius 2 is 2.25 bits per heavy atom. The lowest BCUT2D eigenvalue weighted by molar-refractivity contribution is 0.0901. The molecule has 2 aliphatic heterocycles. The van der Waals surface area contributed by atoms with Crippen LogP contribution in [0.5, 0.6) is 5.75 Å². The van der Waals surface area contributed by atoms with Gasteiger partial charge in [-0.15, -0.1) is 0 Å². The van der Waals surface area contributed by atoms with Crippen molar-refractivity contribution in [3.63, 3.8) is 0 Å². The van der Waals surface area contributed by atoms with E-state index in [0.717, 1.165) is 45.8 Å². The van der Waals surface area contributed by atoms with Gasteiger partial charge in [0.1, 0.15) is 17.2 Å². The van der Waals surface area contributed by atoms with Gasteiger partial charge in [-0.05, 0) is 26.0 Å². The molecule has 1 amide bonds. The van der Waals surface area contributed by atoms with Gasteiger partial charge in [-0.1, -0.05) is 11.3 Å². The van der Waals surface area contributed by atoms with Gasteiger partial charge in [0.05, 0.1) is 24.5 Å². The van der Waals surface area contributed by atoms with Gasteiger partial charge >= 0.3 is 0 Å². The van der Waals surface area contributed by atoms with Crippen molar-refractivity contribution in [2.75, 3.05) is 50.3 Å². The highest BCUT2D eigenvalue weighted by molar-refractivity contribution is 7.17. The van der Waals surface area contributed by atoms with Gasteiger partial charge in [0, 0.05) is 44.4 Å². The second-order valence-corrected chi connectivity index (χ2v) is 8.83. The summed E-state index contributed by atoms with van der Waals surface area (Å²) in [7, 11) is 3.74. The zero-order valence-corrected chi connectivity index (χ0v) is 17.6. The lowest BCUT2D eigenvalue weighted by Crippen LogP contribution is -2.48. The van der Waals surface area contributed by atoms with Crippen molar-refractivity contribution < 1.29 is 14.3 Å². The molecule has 8 heteroatoms. The van der Waals surface area contributed by atoms with Crippen LogP contribution >= 0.6 is 11.3 Å². The van der Waals surface area contributed by atoms with Crippen LogP contribution in [0.15, 0.2) is 18.2 Å². The second-order valence-electron chi connectivity index (χ2n) is 7.85.